The third kappa shape index (κ3) is 2.78. The zero-order valence-corrected chi connectivity index (χ0v) is 13.0. The first-order chi connectivity index (χ1) is 7.99. The highest BCUT2D eigenvalue weighted by Gasteiger charge is 2.14. The van der Waals surface area contributed by atoms with Gasteiger partial charge in [-0.15, -0.1) is 11.3 Å². The van der Waals surface area contributed by atoms with Gasteiger partial charge in [0, 0.05) is 4.88 Å². The molecule has 90 valence electrons. The summed E-state index contributed by atoms with van der Waals surface area (Å²) in [5.74, 6) is -0.287. The predicted molar refractivity (Wildman–Crippen MR) is 76.9 cm³/mol. The zero-order valence-electron chi connectivity index (χ0n) is 9.01. The Hall–Kier alpha value is -0.230. The van der Waals surface area contributed by atoms with E-state index in [0.717, 1.165) is 19.8 Å². The molecule has 1 atom stereocenters. The fourth-order valence-electron chi connectivity index (χ4n) is 1.51. The number of aryl methyl sites for hydroxylation is 1. The molecule has 0 aliphatic heterocycles. The molecule has 0 spiro atoms. The van der Waals surface area contributed by atoms with Crippen molar-refractivity contribution in [2.45, 2.75) is 13.0 Å². The molecule has 0 radical (unpaired) electrons. The van der Waals surface area contributed by atoms with Crippen LogP contribution in [0.3, 0.4) is 0 Å². The fourth-order valence-corrected chi connectivity index (χ4v) is 3.35. The van der Waals surface area contributed by atoms with Crippen LogP contribution >= 0.6 is 43.2 Å². The summed E-state index contributed by atoms with van der Waals surface area (Å²) in [5.41, 5.74) is 8.05. The molecule has 0 bridgehead atoms. The monoisotopic (exact) mass is 377 g/mol. The molecule has 5 heteroatoms. The molecule has 1 unspecified atom stereocenters. The largest absolute Gasteiger partial charge is 0.320 e. The smallest absolute Gasteiger partial charge is 0.137 e. The molecule has 0 fully saturated rings. The summed E-state index contributed by atoms with van der Waals surface area (Å²) in [4.78, 5) is 1.02. The lowest BCUT2D eigenvalue weighted by atomic mass is 10.1. The molecule has 2 rings (SSSR count). The van der Waals surface area contributed by atoms with E-state index >= 15 is 0 Å². The van der Waals surface area contributed by atoms with Crippen molar-refractivity contribution >= 4 is 43.2 Å². The Morgan fingerprint density at radius 2 is 2.00 bits per heavy atom. The van der Waals surface area contributed by atoms with Gasteiger partial charge >= 0.3 is 0 Å². The molecule has 0 aliphatic carbocycles. The second-order valence-corrected chi connectivity index (χ2v) is 7.01. The van der Waals surface area contributed by atoms with Gasteiger partial charge in [-0.3, -0.25) is 0 Å². The second-order valence-electron chi connectivity index (χ2n) is 3.76. The van der Waals surface area contributed by atoms with Crippen LogP contribution in [0.4, 0.5) is 4.39 Å². The number of benzene rings is 1. The van der Waals surface area contributed by atoms with Crippen molar-refractivity contribution in [1.29, 1.82) is 0 Å². The van der Waals surface area contributed by atoms with Gasteiger partial charge in [0.1, 0.15) is 5.82 Å². The van der Waals surface area contributed by atoms with E-state index in [2.05, 4.69) is 31.9 Å². The lowest BCUT2D eigenvalue weighted by molar-refractivity contribution is 0.617. The summed E-state index contributed by atoms with van der Waals surface area (Å²) in [7, 11) is 0. The summed E-state index contributed by atoms with van der Waals surface area (Å²) in [6.45, 7) is 2.01. The van der Waals surface area contributed by atoms with Gasteiger partial charge in [-0.2, -0.15) is 0 Å². The third-order valence-corrected chi connectivity index (χ3v) is 5.35. The van der Waals surface area contributed by atoms with Crippen molar-refractivity contribution in [3.8, 4) is 0 Å². The Balaban J connectivity index is 2.36. The van der Waals surface area contributed by atoms with Crippen LogP contribution in [0.15, 0.2) is 32.5 Å². The van der Waals surface area contributed by atoms with Gasteiger partial charge in [0.25, 0.3) is 0 Å². The van der Waals surface area contributed by atoms with E-state index in [0.29, 0.717) is 4.47 Å². The molecule has 1 aromatic heterocycles. The van der Waals surface area contributed by atoms with Crippen LogP contribution in [-0.2, 0) is 0 Å². The third-order valence-electron chi connectivity index (χ3n) is 2.49. The first kappa shape index (κ1) is 13.2. The molecular formula is C12H10Br2FNS. The maximum Gasteiger partial charge on any atom is 0.137 e. The van der Waals surface area contributed by atoms with Crippen LogP contribution in [-0.4, -0.2) is 0 Å². The summed E-state index contributed by atoms with van der Waals surface area (Å²) in [6, 6.07) is 6.73. The van der Waals surface area contributed by atoms with Crippen LogP contribution in [0, 0.1) is 12.7 Å². The van der Waals surface area contributed by atoms with Crippen molar-refractivity contribution in [3.63, 3.8) is 0 Å². The highest BCUT2D eigenvalue weighted by molar-refractivity contribution is 9.11. The van der Waals surface area contributed by atoms with E-state index in [1.165, 1.54) is 6.07 Å². The molecule has 1 aromatic carbocycles. The van der Waals surface area contributed by atoms with Gasteiger partial charge in [0.05, 0.1) is 14.3 Å². The van der Waals surface area contributed by atoms with E-state index < -0.39 is 0 Å². The number of rotatable bonds is 2. The molecule has 17 heavy (non-hydrogen) atoms. The predicted octanol–water partition coefficient (Wildman–Crippen LogP) is 4.77. The first-order valence-corrected chi connectivity index (χ1v) is 7.35. The van der Waals surface area contributed by atoms with Gasteiger partial charge in [0.15, 0.2) is 0 Å². The van der Waals surface area contributed by atoms with E-state index in [4.69, 9.17) is 5.73 Å². The molecule has 1 nitrogen and oxygen atoms in total. The van der Waals surface area contributed by atoms with Crippen LogP contribution in [0.2, 0.25) is 0 Å². The molecule has 0 saturated carbocycles. The van der Waals surface area contributed by atoms with Crippen LogP contribution in [0.5, 0.6) is 0 Å². The lowest BCUT2D eigenvalue weighted by Crippen LogP contribution is -2.10. The van der Waals surface area contributed by atoms with Crippen LogP contribution < -0.4 is 5.73 Å². The van der Waals surface area contributed by atoms with Crippen molar-refractivity contribution < 1.29 is 4.39 Å². The van der Waals surface area contributed by atoms with Gasteiger partial charge in [-0.05, 0) is 68.1 Å². The van der Waals surface area contributed by atoms with Crippen molar-refractivity contribution in [2.24, 2.45) is 5.73 Å². The Bertz CT molecular complexity index is 534. The Labute approximate surface area is 120 Å². The highest BCUT2D eigenvalue weighted by atomic mass is 79.9. The average molecular weight is 379 g/mol. The molecule has 2 aromatic rings. The summed E-state index contributed by atoms with van der Waals surface area (Å²) < 4.78 is 15.0. The summed E-state index contributed by atoms with van der Waals surface area (Å²) in [6.07, 6.45) is 0. The SMILES string of the molecule is Cc1cc(C(N)c2ccc(Br)c(F)c2)sc1Br. The Morgan fingerprint density at radius 3 is 2.53 bits per heavy atom. The normalized spacial score (nSPS) is 12.8. The maximum absolute atomic E-state index is 13.4. The van der Waals surface area contributed by atoms with E-state index in [1.807, 2.05) is 19.1 Å². The molecular weight excluding hydrogens is 369 g/mol. The van der Waals surface area contributed by atoms with Gasteiger partial charge in [0.2, 0.25) is 0 Å². The topological polar surface area (TPSA) is 26.0 Å². The average Bonchev–Trinajstić information content (AvgIpc) is 2.62. The Kier molecular flexibility index (Phi) is 4.02. The quantitative estimate of drug-likeness (QED) is 0.800. The maximum atomic E-state index is 13.4. The van der Waals surface area contributed by atoms with Gasteiger partial charge < -0.3 is 5.73 Å². The lowest BCUT2D eigenvalue weighted by Gasteiger charge is -2.10. The minimum Gasteiger partial charge on any atom is -0.320 e. The van der Waals surface area contributed by atoms with E-state index in [9.17, 15) is 4.39 Å². The van der Waals surface area contributed by atoms with Crippen molar-refractivity contribution in [2.75, 3.05) is 0 Å². The number of halogens is 3. The van der Waals surface area contributed by atoms with Gasteiger partial charge in [-0.1, -0.05) is 6.07 Å². The second kappa shape index (κ2) is 5.18. The molecule has 1 heterocycles. The molecule has 0 aliphatic rings. The summed E-state index contributed by atoms with van der Waals surface area (Å²) >= 11 is 8.18. The number of hydrogen-bond acceptors (Lipinski definition) is 2. The van der Waals surface area contributed by atoms with Crippen LogP contribution in [0.1, 0.15) is 22.0 Å². The minimum absolute atomic E-state index is 0.285. The van der Waals surface area contributed by atoms with E-state index in [1.54, 1.807) is 17.4 Å². The Morgan fingerprint density at radius 1 is 1.29 bits per heavy atom. The van der Waals surface area contributed by atoms with E-state index in [-0.39, 0.29) is 11.9 Å². The first-order valence-electron chi connectivity index (χ1n) is 4.95. The standard InChI is InChI=1S/C12H10Br2FNS/c1-6-4-10(17-12(6)14)11(16)7-2-3-8(13)9(15)5-7/h2-5,11H,16H2,1H3. The fraction of sp³-hybridized carbons (Fsp3) is 0.167. The molecule has 0 amide bonds. The van der Waals surface area contributed by atoms with Crippen molar-refractivity contribution in [1.82, 2.24) is 0 Å². The molecule has 2 N–H and O–H groups in total. The molecule has 0 saturated heterocycles. The number of nitrogens with two attached hydrogens (primary N) is 1. The van der Waals surface area contributed by atoms with Crippen molar-refractivity contribution in [3.05, 3.63) is 54.3 Å². The van der Waals surface area contributed by atoms with Crippen LogP contribution in [0.25, 0.3) is 0 Å². The summed E-state index contributed by atoms with van der Waals surface area (Å²) in [5, 5.41) is 0. The number of hydrogen-bond donors (Lipinski definition) is 1. The zero-order chi connectivity index (χ0) is 12.6. The highest BCUT2D eigenvalue weighted by Crippen LogP contribution is 2.33. The minimum atomic E-state index is -0.287. The number of thiophene rings is 1. The van der Waals surface area contributed by atoms with Gasteiger partial charge in [-0.25, -0.2) is 4.39 Å².